The lowest BCUT2D eigenvalue weighted by molar-refractivity contribution is -0.121. The maximum Gasteiger partial charge on any atom is 0.221 e. The number of aliphatic hydroxyl groups excluding tert-OH is 1. The van der Waals surface area contributed by atoms with Gasteiger partial charge in [0.1, 0.15) is 0 Å². The van der Waals surface area contributed by atoms with Gasteiger partial charge in [-0.2, -0.15) is 0 Å². The van der Waals surface area contributed by atoms with Crippen molar-refractivity contribution in [2.24, 2.45) is 5.92 Å². The highest BCUT2D eigenvalue weighted by Gasteiger charge is 2.04. The fourth-order valence-electron chi connectivity index (χ4n) is 1.05. The van der Waals surface area contributed by atoms with E-state index in [4.69, 9.17) is 5.11 Å². The van der Waals surface area contributed by atoms with E-state index in [0.717, 1.165) is 0 Å². The molecule has 0 saturated heterocycles. The largest absolute Gasteiger partial charge is 0.396 e. The third-order valence-corrected chi connectivity index (χ3v) is 2.00. The van der Waals surface area contributed by atoms with E-state index in [1.54, 1.807) is 0 Å². The fourth-order valence-corrected chi connectivity index (χ4v) is 1.05. The van der Waals surface area contributed by atoms with E-state index in [2.05, 4.69) is 10.6 Å². The van der Waals surface area contributed by atoms with Crippen molar-refractivity contribution >= 4 is 11.8 Å². The van der Waals surface area contributed by atoms with E-state index in [1.165, 1.54) is 6.92 Å². The predicted molar refractivity (Wildman–Crippen MR) is 57.2 cm³/mol. The summed E-state index contributed by atoms with van der Waals surface area (Å²) in [6, 6.07) is 0. The van der Waals surface area contributed by atoms with Crippen molar-refractivity contribution in [3.05, 3.63) is 0 Å². The molecular weight excluding hydrogens is 196 g/mol. The van der Waals surface area contributed by atoms with Crippen molar-refractivity contribution in [1.29, 1.82) is 0 Å². The van der Waals surface area contributed by atoms with E-state index in [0.29, 0.717) is 25.9 Å². The summed E-state index contributed by atoms with van der Waals surface area (Å²) in [5.74, 6) is 0.0738. The van der Waals surface area contributed by atoms with Gasteiger partial charge >= 0.3 is 0 Å². The van der Waals surface area contributed by atoms with Gasteiger partial charge < -0.3 is 15.7 Å². The molecule has 1 atom stereocenters. The van der Waals surface area contributed by atoms with Crippen LogP contribution in [-0.4, -0.2) is 36.6 Å². The summed E-state index contributed by atoms with van der Waals surface area (Å²) in [7, 11) is 0. The zero-order chi connectivity index (χ0) is 11.7. The maximum atomic E-state index is 11.2. The Bertz CT molecular complexity index is 207. The molecule has 0 aliphatic rings. The molecule has 0 spiro atoms. The molecule has 2 amide bonds. The quantitative estimate of drug-likeness (QED) is 0.544. The Labute approximate surface area is 90.2 Å². The van der Waals surface area contributed by atoms with Gasteiger partial charge in [0.05, 0.1) is 0 Å². The first kappa shape index (κ1) is 13.9. The van der Waals surface area contributed by atoms with E-state index < -0.39 is 0 Å². The minimum absolute atomic E-state index is 0.0754. The van der Waals surface area contributed by atoms with Crippen LogP contribution in [0.25, 0.3) is 0 Å². The van der Waals surface area contributed by atoms with Crippen LogP contribution < -0.4 is 10.6 Å². The van der Waals surface area contributed by atoms with E-state index in [9.17, 15) is 9.59 Å². The van der Waals surface area contributed by atoms with E-state index in [1.807, 2.05) is 6.92 Å². The molecule has 0 saturated carbocycles. The summed E-state index contributed by atoms with van der Waals surface area (Å²) in [5, 5.41) is 13.9. The molecule has 5 nitrogen and oxygen atoms in total. The molecule has 1 unspecified atom stereocenters. The maximum absolute atomic E-state index is 11.2. The van der Waals surface area contributed by atoms with Crippen LogP contribution >= 0.6 is 0 Å². The highest BCUT2D eigenvalue weighted by Crippen LogP contribution is 1.97. The van der Waals surface area contributed by atoms with Crippen LogP contribution in [0, 0.1) is 5.92 Å². The van der Waals surface area contributed by atoms with Crippen molar-refractivity contribution in [2.75, 3.05) is 19.7 Å². The first-order valence-electron chi connectivity index (χ1n) is 5.18. The lowest BCUT2D eigenvalue weighted by Crippen LogP contribution is -2.32. The zero-order valence-corrected chi connectivity index (χ0v) is 9.38. The Kier molecular flexibility index (Phi) is 7.62. The minimum atomic E-state index is -0.128. The Balaban J connectivity index is 3.44. The SMILES string of the molecule is CC(=O)NCCC(=O)NCC(C)CCO. The number of hydrogen-bond donors (Lipinski definition) is 3. The second kappa shape index (κ2) is 8.23. The van der Waals surface area contributed by atoms with Gasteiger partial charge in [0.2, 0.25) is 11.8 Å². The van der Waals surface area contributed by atoms with Crippen molar-refractivity contribution < 1.29 is 14.7 Å². The molecule has 0 radical (unpaired) electrons. The highest BCUT2D eigenvalue weighted by atomic mass is 16.3. The number of amides is 2. The molecule has 0 aromatic carbocycles. The number of carbonyl (C=O) groups is 2. The summed E-state index contributed by atoms with van der Waals surface area (Å²) in [5.41, 5.74) is 0. The second-order valence-electron chi connectivity index (χ2n) is 3.65. The lowest BCUT2D eigenvalue weighted by Gasteiger charge is -2.11. The Morgan fingerprint density at radius 3 is 2.53 bits per heavy atom. The topological polar surface area (TPSA) is 78.4 Å². The predicted octanol–water partition coefficient (Wildman–Crippen LogP) is -0.353. The summed E-state index contributed by atoms with van der Waals surface area (Å²) < 4.78 is 0. The molecule has 0 aromatic rings. The van der Waals surface area contributed by atoms with Crippen LogP contribution in [0.5, 0.6) is 0 Å². The number of aliphatic hydroxyl groups is 1. The molecule has 0 fully saturated rings. The average molecular weight is 216 g/mol. The van der Waals surface area contributed by atoms with Crippen molar-refractivity contribution in [3.8, 4) is 0 Å². The minimum Gasteiger partial charge on any atom is -0.396 e. The molecular formula is C10H20N2O3. The molecule has 5 heteroatoms. The normalized spacial score (nSPS) is 11.9. The van der Waals surface area contributed by atoms with Crippen molar-refractivity contribution in [1.82, 2.24) is 10.6 Å². The lowest BCUT2D eigenvalue weighted by atomic mass is 10.1. The third-order valence-electron chi connectivity index (χ3n) is 2.00. The summed E-state index contributed by atoms with van der Waals surface area (Å²) in [4.78, 5) is 21.7. The first-order chi connectivity index (χ1) is 7.06. The average Bonchev–Trinajstić information content (AvgIpc) is 2.14. The number of rotatable bonds is 7. The molecule has 0 aliphatic heterocycles. The fraction of sp³-hybridized carbons (Fsp3) is 0.800. The van der Waals surface area contributed by atoms with Gasteiger partial charge in [-0.1, -0.05) is 6.92 Å². The summed E-state index contributed by atoms with van der Waals surface area (Å²) >= 11 is 0. The van der Waals surface area contributed by atoms with Crippen molar-refractivity contribution in [2.45, 2.75) is 26.7 Å². The van der Waals surface area contributed by atoms with Gasteiger partial charge in [-0.05, 0) is 12.3 Å². The zero-order valence-electron chi connectivity index (χ0n) is 9.38. The first-order valence-corrected chi connectivity index (χ1v) is 5.18. The summed E-state index contributed by atoms with van der Waals surface area (Å²) in [6.07, 6.45) is 0.984. The molecule has 88 valence electrons. The number of nitrogens with one attached hydrogen (secondary N) is 2. The molecule has 0 aliphatic carbocycles. The number of hydrogen-bond acceptors (Lipinski definition) is 3. The van der Waals surface area contributed by atoms with E-state index in [-0.39, 0.29) is 24.3 Å². The summed E-state index contributed by atoms with van der Waals surface area (Å²) in [6.45, 7) is 4.46. The Morgan fingerprint density at radius 1 is 1.33 bits per heavy atom. The van der Waals surface area contributed by atoms with Gasteiger partial charge in [0.15, 0.2) is 0 Å². The van der Waals surface area contributed by atoms with Crippen LogP contribution in [-0.2, 0) is 9.59 Å². The van der Waals surface area contributed by atoms with Crippen molar-refractivity contribution in [3.63, 3.8) is 0 Å². The third kappa shape index (κ3) is 9.21. The number of carbonyl (C=O) groups excluding carboxylic acids is 2. The van der Waals surface area contributed by atoms with Crippen LogP contribution in [0.4, 0.5) is 0 Å². The van der Waals surface area contributed by atoms with Crippen LogP contribution in [0.15, 0.2) is 0 Å². The Hall–Kier alpha value is -1.10. The molecule has 15 heavy (non-hydrogen) atoms. The highest BCUT2D eigenvalue weighted by molar-refractivity contribution is 5.77. The van der Waals surface area contributed by atoms with Gasteiger partial charge in [0, 0.05) is 33.0 Å². The molecule has 0 heterocycles. The molecule has 0 rings (SSSR count). The van der Waals surface area contributed by atoms with Gasteiger partial charge in [0.25, 0.3) is 0 Å². The standard InChI is InChI=1S/C10H20N2O3/c1-8(4-6-13)7-12-10(15)3-5-11-9(2)14/h8,13H,3-7H2,1-2H3,(H,11,14)(H,12,15). The van der Waals surface area contributed by atoms with Gasteiger partial charge in [-0.25, -0.2) is 0 Å². The smallest absolute Gasteiger partial charge is 0.221 e. The van der Waals surface area contributed by atoms with Gasteiger partial charge in [-0.3, -0.25) is 9.59 Å². The van der Waals surface area contributed by atoms with E-state index >= 15 is 0 Å². The van der Waals surface area contributed by atoms with Crippen LogP contribution in [0.3, 0.4) is 0 Å². The van der Waals surface area contributed by atoms with Crippen LogP contribution in [0.2, 0.25) is 0 Å². The molecule has 3 N–H and O–H groups in total. The molecule has 0 bridgehead atoms. The second-order valence-corrected chi connectivity index (χ2v) is 3.65. The Morgan fingerprint density at radius 2 is 2.00 bits per heavy atom. The molecule has 0 aromatic heterocycles. The monoisotopic (exact) mass is 216 g/mol. The van der Waals surface area contributed by atoms with Gasteiger partial charge in [-0.15, -0.1) is 0 Å². The van der Waals surface area contributed by atoms with Crippen LogP contribution in [0.1, 0.15) is 26.7 Å².